The lowest BCUT2D eigenvalue weighted by molar-refractivity contribution is -0.385. The highest BCUT2D eigenvalue weighted by molar-refractivity contribution is 6.31. The summed E-state index contributed by atoms with van der Waals surface area (Å²) in [6.07, 6.45) is 0. The Bertz CT molecular complexity index is 715. The molecule has 0 amide bonds. The highest BCUT2D eigenvalue weighted by atomic mass is 35.5. The van der Waals surface area contributed by atoms with Gasteiger partial charge in [-0.05, 0) is 26.0 Å². The third-order valence-electron chi connectivity index (χ3n) is 2.74. The number of aromatic nitrogens is 2. The highest BCUT2D eigenvalue weighted by Gasteiger charge is 2.16. The Balaban J connectivity index is 2.62. The molecule has 0 aliphatic heterocycles. The molecule has 0 bridgehead atoms. The maximum absolute atomic E-state index is 10.8. The third-order valence-corrected chi connectivity index (χ3v) is 3.29. The second-order valence-electron chi connectivity index (χ2n) is 3.97. The van der Waals surface area contributed by atoms with Crippen LogP contribution in [0.1, 0.15) is 17.0 Å². The summed E-state index contributed by atoms with van der Waals surface area (Å²) in [5, 5.41) is 24.5. The topological polar surface area (TPSA) is 84.8 Å². The lowest BCUT2D eigenvalue weighted by Gasteiger charge is -2.04. The Hall–Kier alpha value is -2.39. The standard InChI is InChI=1S/C12H9ClN4O2/c1-7-12(13)8(2)16(15-7)10-3-4-11(17(18)19)9(5-10)6-14/h3-5H,1-2H3. The molecule has 2 rings (SSSR count). The largest absolute Gasteiger partial charge is 0.287 e. The van der Waals surface area contributed by atoms with Gasteiger partial charge >= 0.3 is 0 Å². The van der Waals surface area contributed by atoms with Gasteiger partial charge in [-0.2, -0.15) is 10.4 Å². The minimum atomic E-state index is -0.587. The Kier molecular flexibility index (Phi) is 3.23. The molecule has 19 heavy (non-hydrogen) atoms. The number of benzene rings is 1. The Morgan fingerprint density at radius 3 is 2.63 bits per heavy atom. The van der Waals surface area contributed by atoms with E-state index in [1.807, 2.05) is 6.07 Å². The number of nitro groups is 1. The van der Waals surface area contributed by atoms with Crippen LogP contribution in [-0.2, 0) is 0 Å². The van der Waals surface area contributed by atoms with Crippen LogP contribution in [0.3, 0.4) is 0 Å². The molecule has 6 nitrogen and oxygen atoms in total. The molecule has 0 saturated carbocycles. The summed E-state index contributed by atoms with van der Waals surface area (Å²) in [5.41, 5.74) is 1.72. The average molecular weight is 277 g/mol. The second-order valence-corrected chi connectivity index (χ2v) is 4.34. The molecule has 0 unspecified atom stereocenters. The van der Waals surface area contributed by atoms with Crippen molar-refractivity contribution >= 4 is 17.3 Å². The van der Waals surface area contributed by atoms with E-state index in [1.165, 1.54) is 18.2 Å². The first-order chi connectivity index (χ1) is 8.95. The van der Waals surface area contributed by atoms with E-state index in [1.54, 1.807) is 18.5 Å². The predicted octanol–water partition coefficient (Wildman–Crippen LogP) is 2.92. The van der Waals surface area contributed by atoms with Crippen LogP contribution in [0.25, 0.3) is 5.69 Å². The van der Waals surface area contributed by atoms with Gasteiger partial charge in [-0.15, -0.1) is 0 Å². The van der Waals surface area contributed by atoms with Crippen molar-refractivity contribution in [3.05, 3.63) is 50.3 Å². The number of hydrogen-bond donors (Lipinski definition) is 0. The van der Waals surface area contributed by atoms with Crippen molar-refractivity contribution in [1.82, 2.24) is 9.78 Å². The predicted molar refractivity (Wildman–Crippen MR) is 69.4 cm³/mol. The quantitative estimate of drug-likeness (QED) is 0.623. The van der Waals surface area contributed by atoms with E-state index in [4.69, 9.17) is 16.9 Å². The molecule has 96 valence electrons. The molecule has 1 aromatic heterocycles. The van der Waals surface area contributed by atoms with E-state index in [0.29, 0.717) is 16.4 Å². The summed E-state index contributed by atoms with van der Waals surface area (Å²) >= 11 is 6.05. The fraction of sp³-hybridized carbons (Fsp3) is 0.167. The van der Waals surface area contributed by atoms with Crippen molar-refractivity contribution in [3.8, 4) is 11.8 Å². The molecule has 0 aliphatic carbocycles. The van der Waals surface area contributed by atoms with Crippen molar-refractivity contribution in [2.24, 2.45) is 0 Å². The lowest BCUT2D eigenvalue weighted by atomic mass is 10.1. The molecule has 1 aromatic carbocycles. The van der Waals surface area contributed by atoms with E-state index in [-0.39, 0.29) is 11.3 Å². The van der Waals surface area contributed by atoms with Gasteiger partial charge in [0.15, 0.2) is 0 Å². The number of nitriles is 1. The molecular formula is C12H9ClN4O2. The molecule has 0 fully saturated rings. The fourth-order valence-corrected chi connectivity index (χ4v) is 1.90. The van der Waals surface area contributed by atoms with Gasteiger partial charge in [-0.1, -0.05) is 11.6 Å². The minimum Gasteiger partial charge on any atom is -0.258 e. The summed E-state index contributed by atoms with van der Waals surface area (Å²) in [7, 11) is 0. The van der Waals surface area contributed by atoms with Crippen LogP contribution < -0.4 is 0 Å². The first-order valence-electron chi connectivity index (χ1n) is 5.36. The van der Waals surface area contributed by atoms with Crippen LogP contribution in [0.5, 0.6) is 0 Å². The summed E-state index contributed by atoms with van der Waals surface area (Å²) in [4.78, 5) is 10.2. The summed E-state index contributed by atoms with van der Waals surface area (Å²) < 4.78 is 1.56. The second kappa shape index (κ2) is 4.71. The molecule has 0 radical (unpaired) electrons. The van der Waals surface area contributed by atoms with Gasteiger partial charge in [0.1, 0.15) is 11.6 Å². The van der Waals surface area contributed by atoms with Gasteiger partial charge in [0, 0.05) is 6.07 Å². The Morgan fingerprint density at radius 1 is 1.47 bits per heavy atom. The van der Waals surface area contributed by atoms with Crippen molar-refractivity contribution in [3.63, 3.8) is 0 Å². The number of halogens is 1. The van der Waals surface area contributed by atoms with Gasteiger partial charge in [0.25, 0.3) is 5.69 Å². The summed E-state index contributed by atoms with van der Waals surface area (Å²) in [6, 6.07) is 6.06. The van der Waals surface area contributed by atoms with Crippen LogP contribution >= 0.6 is 11.6 Å². The van der Waals surface area contributed by atoms with Crippen molar-refractivity contribution in [2.75, 3.05) is 0 Å². The van der Waals surface area contributed by atoms with Gasteiger partial charge in [-0.25, -0.2) is 4.68 Å². The molecule has 7 heteroatoms. The molecule has 0 spiro atoms. The van der Waals surface area contributed by atoms with E-state index < -0.39 is 4.92 Å². The van der Waals surface area contributed by atoms with Gasteiger partial charge in [-0.3, -0.25) is 10.1 Å². The van der Waals surface area contributed by atoms with E-state index in [2.05, 4.69) is 5.10 Å². The average Bonchev–Trinajstić information content (AvgIpc) is 2.65. The van der Waals surface area contributed by atoms with Crippen LogP contribution in [0.4, 0.5) is 5.69 Å². The van der Waals surface area contributed by atoms with E-state index in [9.17, 15) is 10.1 Å². The number of rotatable bonds is 2. The number of nitrogens with zero attached hydrogens (tertiary/aromatic N) is 4. The van der Waals surface area contributed by atoms with Crippen molar-refractivity contribution < 1.29 is 4.92 Å². The maximum Gasteiger partial charge on any atom is 0.287 e. The van der Waals surface area contributed by atoms with Gasteiger partial charge in [0.2, 0.25) is 0 Å². The Morgan fingerprint density at radius 2 is 2.16 bits per heavy atom. The lowest BCUT2D eigenvalue weighted by Crippen LogP contribution is -2.01. The van der Waals surface area contributed by atoms with E-state index in [0.717, 1.165) is 5.69 Å². The van der Waals surface area contributed by atoms with Gasteiger partial charge < -0.3 is 0 Å². The molecule has 0 saturated heterocycles. The minimum absolute atomic E-state index is 0.00817. The fourth-order valence-electron chi connectivity index (χ4n) is 1.78. The molecule has 0 N–H and O–H groups in total. The molecule has 1 heterocycles. The van der Waals surface area contributed by atoms with Crippen LogP contribution in [-0.4, -0.2) is 14.7 Å². The van der Waals surface area contributed by atoms with E-state index >= 15 is 0 Å². The first-order valence-corrected chi connectivity index (χ1v) is 5.74. The van der Waals surface area contributed by atoms with Gasteiger partial charge in [0.05, 0.1) is 27.0 Å². The highest BCUT2D eigenvalue weighted by Crippen LogP contribution is 2.25. The first kappa shape index (κ1) is 13.1. The smallest absolute Gasteiger partial charge is 0.258 e. The van der Waals surface area contributed by atoms with Crippen molar-refractivity contribution in [2.45, 2.75) is 13.8 Å². The molecular weight excluding hydrogens is 268 g/mol. The Labute approximate surface area is 114 Å². The summed E-state index contributed by atoms with van der Waals surface area (Å²) in [5.74, 6) is 0. The number of hydrogen-bond acceptors (Lipinski definition) is 4. The normalized spacial score (nSPS) is 10.2. The maximum atomic E-state index is 10.8. The monoisotopic (exact) mass is 276 g/mol. The number of aryl methyl sites for hydroxylation is 1. The zero-order chi connectivity index (χ0) is 14.2. The summed E-state index contributed by atoms with van der Waals surface area (Å²) in [6.45, 7) is 3.55. The third kappa shape index (κ3) is 2.16. The molecule has 0 atom stereocenters. The van der Waals surface area contributed by atoms with Crippen LogP contribution in [0.15, 0.2) is 18.2 Å². The van der Waals surface area contributed by atoms with Crippen LogP contribution in [0.2, 0.25) is 5.02 Å². The van der Waals surface area contributed by atoms with Crippen LogP contribution in [0, 0.1) is 35.3 Å². The zero-order valence-corrected chi connectivity index (χ0v) is 11.0. The molecule has 2 aromatic rings. The number of nitro benzene ring substituents is 1. The van der Waals surface area contributed by atoms with Crippen molar-refractivity contribution in [1.29, 1.82) is 5.26 Å². The molecule has 0 aliphatic rings. The SMILES string of the molecule is Cc1nn(-c2ccc([N+](=O)[O-])c(C#N)c2)c(C)c1Cl. The zero-order valence-electron chi connectivity index (χ0n) is 10.2.